The lowest BCUT2D eigenvalue weighted by Crippen LogP contribution is -2.41. The van der Waals surface area contributed by atoms with Gasteiger partial charge in [0.1, 0.15) is 5.39 Å². The van der Waals surface area contributed by atoms with Crippen molar-refractivity contribution in [3.8, 4) is 0 Å². The van der Waals surface area contributed by atoms with Gasteiger partial charge in [0.25, 0.3) is 23.2 Å². The van der Waals surface area contributed by atoms with Crippen LogP contribution >= 0.6 is 0 Å². The summed E-state index contributed by atoms with van der Waals surface area (Å²) in [7, 11) is 0. The molecule has 25 heavy (non-hydrogen) atoms. The highest BCUT2D eigenvalue weighted by atomic mass is 16.6. The van der Waals surface area contributed by atoms with E-state index in [1.165, 1.54) is 12.1 Å². The van der Waals surface area contributed by atoms with Crippen LogP contribution in [0.3, 0.4) is 0 Å². The van der Waals surface area contributed by atoms with Crippen molar-refractivity contribution in [3.63, 3.8) is 0 Å². The van der Waals surface area contributed by atoms with Crippen molar-refractivity contribution < 1.29 is 24.5 Å². The second-order valence-corrected chi connectivity index (χ2v) is 5.37. The van der Waals surface area contributed by atoms with E-state index in [4.69, 9.17) is 5.11 Å². The average molecular weight is 345 g/mol. The molecule has 2 aromatic rings. The topological polar surface area (TPSA) is 144 Å². The molecule has 0 unspecified atom stereocenters. The highest BCUT2D eigenvalue weighted by Crippen LogP contribution is 2.40. The van der Waals surface area contributed by atoms with Gasteiger partial charge in [-0.2, -0.15) is 0 Å². The summed E-state index contributed by atoms with van der Waals surface area (Å²) >= 11 is 0. The van der Waals surface area contributed by atoms with Crippen molar-refractivity contribution >= 4 is 34.0 Å². The van der Waals surface area contributed by atoms with E-state index in [9.17, 15) is 29.8 Å². The maximum Gasteiger partial charge on any atom is 0.284 e. The number of non-ortho nitro benzene ring substituents is 2. The average Bonchev–Trinajstić information content (AvgIpc) is 2.58. The Morgan fingerprint density at radius 1 is 0.880 bits per heavy atom. The summed E-state index contributed by atoms with van der Waals surface area (Å²) < 4.78 is 0. The number of imide groups is 1. The van der Waals surface area contributed by atoms with Crippen LogP contribution in [0.15, 0.2) is 24.3 Å². The van der Waals surface area contributed by atoms with E-state index < -0.39 is 33.0 Å². The van der Waals surface area contributed by atoms with Gasteiger partial charge in [-0.05, 0) is 18.6 Å². The Bertz CT molecular complexity index is 885. The molecule has 0 saturated carbocycles. The van der Waals surface area contributed by atoms with Crippen LogP contribution in [-0.2, 0) is 0 Å². The van der Waals surface area contributed by atoms with Gasteiger partial charge in [-0.3, -0.25) is 34.7 Å². The third kappa shape index (κ3) is 2.39. The number of aliphatic hydroxyl groups excluding tert-OH is 1. The van der Waals surface area contributed by atoms with Crippen molar-refractivity contribution in [3.05, 3.63) is 55.6 Å². The molecular weight excluding hydrogens is 334 g/mol. The third-order valence-electron chi connectivity index (χ3n) is 4.00. The van der Waals surface area contributed by atoms with E-state index in [1.807, 2.05) is 0 Å². The first kappa shape index (κ1) is 16.5. The zero-order valence-electron chi connectivity index (χ0n) is 12.7. The Kier molecular flexibility index (Phi) is 3.89. The molecule has 0 radical (unpaired) electrons. The lowest BCUT2D eigenvalue weighted by atomic mass is 9.92. The van der Waals surface area contributed by atoms with Gasteiger partial charge in [0, 0.05) is 41.8 Å². The molecule has 10 nitrogen and oxygen atoms in total. The number of aliphatic hydroxyl groups is 1. The van der Waals surface area contributed by atoms with Gasteiger partial charge in [-0.15, -0.1) is 0 Å². The molecule has 128 valence electrons. The highest BCUT2D eigenvalue weighted by Gasteiger charge is 2.37. The summed E-state index contributed by atoms with van der Waals surface area (Å²) in [5.74, 6) is -1.40. The van der Waals surface area contributed by atoms with Gasteiger partial charge in [-0.25, -0.2) is 0 Å². The summed E-state index contributed by atoms with van der Waals surface area (Å²) in [5, 5.41) is 31.0. The molecule has 0 saturated heterocycles. The number of hydrogen-bond acceptors (Lipinski definition) is 7. The van der Waals surface area contributed by atoms with Crippen LogP contribution in [-0.4, -0.2) is 44.8 Å². The molecule has 1 aliphatic heterocycles. The van der Waals surface area contributed by atoms with E-state index in [0.29, 0.717) is 0 Å². The van der Waals surface area contributed by atoms with E-state index in [0.717, 1.165) is 17.0 Å². The Balaban J connectivity index is 2.37. The standard InChI is InChI=1S/C15H11N3O7/c19-7-1-6-16-14(20)8-2-4-10(17(22)23)13-11(18(24)25)5-3-9(12(8)13)15(16)21/h2-5,19H,1,6-7H2. The lowest BCUT2D eigenvalue weighted by molar-refractivity contribution is -0.390. The first-order chi connectivity index (χ1) is 11.9. The molecule has 0 aromatic heterocycles. The van der Waals surface area contributed by atoms with Crippen LogP contribution in [0, 0.1) is 20.2 Å². The van der Waals surface area contributed by atoms with Crippen LogP contribution in [0.2, 0.25) is 0 Å². The summed E-state index contributed by atoms with van der Waals surface area (Å²) in [5.41, 5.74) is -1.12. The minimum atomic E-state index is -0.789. The van der Waals surface area contributed by atoms with E-state index >= 15 is 0 Å². The Morgan fingerprint density at radius 2 is 1.36 bits per heavy atom. The number of rotatable bonds is 5. The quantitative estimate of drug-likeness (QED) is 0.492. The first-order valence-corrected chi connectivity index (χ1v) is 7.24. The molecule has 2 aromatic carbocycles. The van der Waals surface area contributed by atoms with E-state index in [1.54, 1.807) is 0 Å². The molecule has 3 rings (SSSR count). The lowest BCUT2D eigenvalue weighted by Gasteiger charge is -2.26. The number of nitrogens with zero attached hydrogens (tertiary/aromatic N) is 3. The van der Waals surface area contributed by atoms with Crippen molar-refractivity contribution in [1.29, 1.82) is 0 Å². The fourth-order valence-corrected chi connectivity index (χ4v) is 2.94. The third-order valence-corrected chi connectivity index (χ3v) is 4.00. The van der Waals surface area contributed by atoms with Crippen molar-refractivity contribution in [2.75, 3.05) is 13.2 Å². The Morgan fingerprint density at radius 3 is 1.76 bits per heavy atom. The normalized spacial score (nSPS) is 13.4. The number of carbonyl (C=O) groups excluding carboxylic acids is 2. The molecular formula is C15H11N3O7. The number of nitro groups is 2. The maximum absolute atomic E-state index is 12.6. The zero-order valence-corrected chi connectivity index (χ0v) is 12.7. The summed E-state index contributed by atoms with van der Waals surface area (Å²) in [4.78, 5) is 47.0. The van der Waals surface area contributed by atoms with Crippen LogP contribution in [0.25, 0.3) is 10.8 Å². The SMILES string of the molecule is O=C1c2ccc([N+](=O)[O-])c3c([N+](=O)[O-])ccc(c23)C(=O)N1CCCO. The first-order valence-electron chi connectivity index (χ1n) is 7.24. The second kappa shape index (κ2) is 5.91. The van der Waals surface area contributed by atoms with Gasteiger partial charge in [0.2, 0.25) is 0 Å². The summed E-state index contributed by atoms with van der Waals surface area (Å²) in [6, 6.07) is 4.42. The monoisotopic (exact) mass is 345 g/mol. The van der Waals surface area contributed by atoms with Gasteiger partial charge in [-0.1, -0.05) is 0 Å². The highest BCUT2D eigenvalue weighted by molar-refractivity contribution is 6.27. The van der Waals surface area contributed by atoms with Gasteiger partial charge >= 0.3 is 0 Å². The Hall–Kier alpha value is -3.40. The van der Waals surface area contributed by atoms with Gasteiger partial charge in [0.15, 0.2) is 0 Å². The Labute approximate surface area is 139 Å². The molecule has 10 heteroatoms. The second-order valence-electron chi connectivity index (χ2n) is 5.37. The molecule has 0 aliphatic carbocycles. The predicted octanol–water partition coefficient (Wildman–Crippen LogP) is 1.63. The van der Waals surface area contributed by atoms with Crippen molar-refractivity contribution in [1.82, 2.24) is 4.90 Å². The fourth-order valence-electron chi connectivity index (χ4n) is 2.94. The smallest absolute Gasteiger partial charge is 0.284 e. The van der Waals surface area contributed by atoms with Crippen LogP contribution < -0.4 is 0 Å². The largest absolute Gasteiger partial charge is 0.396 e. The number of hydrogen-bond donors (Lipinski definition) is 1. The van der Waals surface area contributed by atoms with Gasteiger partial charge in [0.05, 0.1) is 9.85 Å². The molecule has 0 spiro atoms. The maximum atomic E-state index is 12.6. The minimum Gasteiger partial charge on any atom is -0.396 e. The number of nitro benzene ring substituents is 2. The molecule has 0 fully saturated rings. The molecule has 1 aliphatic rings. The van der Waals surface area contributed by atoms with Crippen LogP contribution in [0.4, 0.5) is 11.4 Å². The number of amides is 2. The minimum absolute atomic E-state index is 0.0168. The molecule has 2 amide bonds. The molecule has 0 atom stereocenters. The van der Waals surface area contributed by atoms with Crippen molar-refractivity contribution in [2.24, 2.45) is 0 Å². The van der Waals surface area contributed by atoms with Crippen LogP contribution in [0.1, 0.15) is 27.1 Å². The van der Waals surface area contributed by atoms with Crippen molar-refractivity contribution in [2.45, 2.75) is 6.42 Å². The van der Waals surface area contributed by atoms with Crippen LogP contribution in [0.5, 0.6) is 0 Å². The summed E-state index contributed by atoms with van der Waals surface area (Å²) in [6.07, 6.45) is 0.177. The predicted molar refractivity (Wildman–Crippen MR) is 84.3 cm³/mol. The molecule has 0 bridgehead atoms. The number of benzene rings is 2. The molecule has 1 heterocycles. The molecule has 1 N–H and O–H groups in total. The van der Waals surface area contributed by atoms with E-state index in [-0.39, 0.29) is 41.5 Å². The van der Waals surface area contributed by atoms with Gasteiger partial charge < -0.3 is 5.11 Å². The summed E-state index contributed by atoms with van der Waals surface area (Å²) in [6.45, 7) is -0.247. The zero-order chi connectivity index (χ0) is 18.3. The fraction of sp³-hybridized carbons (Fsp3) is 0.200. The van der Waals surface area contributed by atoms with E-state index in [2.05, 4.69) is 0 Å². The number of carbonyl (C=O) groups is 2.